The lowest BCUT2D eigenvalue weighted by Crippen LogP contribution is -2.40. The minimum absolute atomic E-state index is 0.625. The zero-order valence-electron chi connectivity index (χ0n) is 11.0. The highest BCUT2D eigenvalue weighted by Crippen LogP contribution is 2.30. The number of halogens is 2. The van der Waals surface area contributed by atoms with Gasteiger partial charge in [-0.15, -0.1) is 0 Å². The maximum absolute atomic E-state index is 6.03. The molecule has 2 rings (SSSR count). The van der Waals surface area contributed by atoms with E-state index in [0.717, 1.165) is 18.4 Å². The Bertz CT molecular complexity index is 405. The third-order valence-corrected chi connectivity index (χ3v) is 5.00. The van der Waals surface area contributed by atoms with Crippen LogP contribution in [0.15, 0.2) is 18.2 Å². The lowest BCUT2D eigenvalue weighted by atomic mass is 9.78. The van der Waals surface area contributed by atoms with Crippen molar-refractivity contribution in [1.82, 2.24) is 5.32 Å². The van der Waals surface area contributed by atoms with E-state index in [0.29, 0.717) is 16.1 Å². The average Bonchev–Trinajstić information content (AvgIpc) is 2.35. The van der Waals surface area contributed by atoms with Gasteiger partial charge in [-0.3, -0.25) is 0 Å². The highest BCUT2D eigenvalue weighted by atomic mass is 35.5. The van der Waals surface area contributed by atoms with Crippen molar-refractivity contribution in [2.45, 2.75) is 45.7 Å². The second kappa shape index (κ2) is 6.27. The fraction of sp³-hybridized carbons (Fsp3) is 0.600. The second-order valence-corrected chi connectivity index (χ2v) is 6.32. The van der Waals surface area contributed by atoms with Crippen molar-refractivity contribution in [2.75, 3.05) is 0 Å². The molecule has 0 amide bonds. The van der Waals surface area contributed by atoms with Gasteiger partial charge in [0.15, 0.2) is 0 Å². The van der Waals surface area contributed by atoms with E-state index in [1.165, 1.54) is 24.8 Å². The van der Waals surface area contributed by atoms with Gasteiger partial charge in [0.25, 0.3) is 0 Å². The van der Waals surface area contributed by atoms with Gasteiger partial charge in [-0.2, -0.15) is 0 Å². The molecule has 1 aromatic rings. The molecule has 1 aromatic carbocycles. The smallest absolute Gasteiger partial charge is 0.0595 e. The Morgan fingerprint density at radius 2 is 1.94 bits per heavy atom. The first-order chi connectivity index (χ1) is 8.58. The molecule has 3 unspecified atom stereocenters. The highest BCUT2D eigenvalue weighted by molar-refractivity contribution is 6.42. The van der Waals surface area contributed by atoms with E-state index in [-0.39, 0.29) is 0 Å². The fourth-order valence-electron chi connectivity index (χ4n) is 2.77. The third kappa shape index (κ3) is 3.40. The minimum atomic E-state index is 0.625. The zero-order chi connectivity index (χ0) is 13.1. The van der Waals surface area contributed by atoms with Gasteiger partial charge in [0, 0.05) is 12.6 Å². The topological polar surface area (TPSA) is 12.0 Å². The molecule has 1 fully saturated rings. The highest BCUT2D eigenvalue weighted by Gasteiger charge is 2.26. The molecular weight excluding hydrogens is 265 g/mol. The van der Waals surface area contributed by atoms with Crippen molar-refractivity contribution in [1.29, 1.82) is 0 Å². The molecule has 0 heterocycles. The molecule has 1 aliphatic rings. The Kier molecular flexibility index (Phi) is 4.94. The van der Waals surface area contributed by atoms with E-state index in [4.69, 9.17) is 23.2 Å². The summed E-state index contributed by atoms with van der Waals surface area (Å²) >= 11 is 11.9. The first kappa shape index (κ1) is 14.2. The number of hydrogen-bond acceptors (Lipinski definition) is 1. The van der Waals surface area contributed by atoms with Crippen LogP contribution < -0.4 is 5.32 Å². The molecule has 3 heteroatoms. The second-order valence-electron chi connectivity index (χ2n) is 5.50. The average molecular weight is 286 g/mol. The maximum atomic E-state index is 6.03. The van der Waals surface area contributed by atoms with Crippen LogP contribution in [-0.2, 0) is 6.54 Å². The van der Waals surface area contributed by atoms with Crippen LogP contribution in [0.5, 0.6) is 0 Å². The molecule has 3 atom stereocenters. The van der Waals surface area contributed by atoms with E-state index < -0.39 is 0 Å². The molecule has 1 saturated carbocycles. The van der Waals surface area contributed by atoms with Crippen LogP contribution in [-0.4, -0.2) is 6.04 Å². The Labute approximate surface area is 120 Å². The first-order valence-corrected chi connectivity index (χ1v) is 7.51. The molecule has 0 radical (unpaired) electrons. The molecule has 18 heavy (non-hydrogen) atoms. The normalized spacial score (nSPS) is 28.3. The number of nitrogens with one attached hydrogen (secondary N) is 1. The Hall–Kier alpha value is -0.240. The zero-order valence-corrected chi connectivity index (χ0v) is 12.6. The molecular formula is C15H21Cl2N. The van der Waals surface area contributed by atoms with Crippen LogP contribution in [0.25, 0.3) is 0 Å². The third-order valence-electron chi connectivity index (χ3n) is 4.26. The molecule has 0 spiro atoms. The predicted molar refractivity (Wildman–Crippen MR) is 79.3 cm³/mol. The Morgan fingerprint density at radius 1 is 1.17 bits per heavy atom. The molecule has 100 valence electrons. The number of benzene rings is 1. The number of hydrogen-bond donors (Lipinski definition) is 1. The van der Waals surface area contributed by atoms with Crippen molar-refractivity contribution in [2.24, 2.45) is 11.8 Å². The summed E-state index contributed by atoms with van der Waals surface area (Å²) in [5, 5.41) is 4.93. The van der Waals surface area contributed by atoms with Crippen molar-refractivity contribution in [3.05, 3.63) is 33.8 Å². The van der Waals surface area contributed by atoms with Crippen LogP contribution in [0.4, 0.5) is 0 Å². The van der Waals surface area contributed by atoms with Crippen LogP contribution in [0, 0.1) is 11.8 Å². The minimum Gasteiger partial charge on any atom is -0.310 e. The summed E-state index contributed by atoms with van der Waals surface area (Å²) in [6, 6.07) is 6.49. The Morgan fingerprint density at radius 3 is 2.67 bits per heavy atom. The van der Waals surface area contributed by atoms with E-state index in [1.54, 1.807) is 0 Å². The van der Waals surface area contributed by atoms with Crippen LogP contribution in [0.3, 0.4) is 0 Å². The first-order valence-electron chi connectivity index (χ1n) is 6.75. The summed E-state index contributed by atoms with van der Waals surface area (Å²) in [5.74, 6) is 1.58. The molecule has 1 nitrogen and oxygen atoms in total. The summed E-state index contributed by atoms with van der Waals surface area (Å²) in [5.41, 5.74) is 1.20. The predicted octanol–water partition coefficient (Wildman–Crippen LogP) is 4.91. The van der Waals surface area contributed by atoms with Gasteiger partial charge in [-0.25, -0.2) is 0 Å². The largest absolute Gasteiger partial charge is 0.310 e. The standard InChI is InChI=1S/C15H21Cl2N/c1-10-4-3-5-15(11(10)2)18-9-12-6-7-13(16)14(17)8-12/h6-8,10-11,15,18H,3-5,9H2,1-2H3. The van der Waals surface area contributed by atoms with Crippen molar-refractivity contribution >= 4 is 23.2 Å². The summed E-state index contributed by atoms with van der Waals surface area (Å²) in [6.45, 7) is 5.59. The molecule has 0 aromatic heterocycles. The quantitative estimate of drug-likeness (QED) is 0.832. The van der Waals surface area contributed by atoms with Gasteiger partial charge in [-0.1, -0.05) is 56.0 Å². The summed E-state index contributed by atoms with van der Waals surface area (Å²) in [6.07, 6.45) is 3.99. The van der Waals surface area contributed by atoms with E-state index in [2.05, 4.69) is 19.2 Å². The van der Waals surface area contributed by atoms with Crippen molar-refractivity contribution in [3.8, 4) is 0 Å². The maximum Gasteiger partial charge on any atom is 0.0595 e. The molecule has 1 N–H and O–H groups in total. The van der Waals surface area contributed by atoms with Gasteiger partial charge < -0.3 is 5.32 Å². The van der Waals surface area contributed by atoms with Crippen molar-refractivity contribution < 1.29 is 0 Å². The van der Waals surface area contributed by atoms with Gasteiger partial charge in [0.1, 0.15) is 0 Å². The molecule has 0 saturated heterocycles. The Balaban J connectivity index is 1.92. The summed E-state index contributed by atoms with van der Waals surface area (Å²) < 4.78 is 0. The van der Waals surface area contributed by atoms with E-state index >= 15 is 0 Å². The lowest BCUT2D eigenvalue weighted by molar-refractivity contribution is 0.206. The summed E-state index contributed by atoms with van der Waals surface area (Å²) in [4.78, 5) is 0. The molecule has 0 aliphatic heterocycles. The van der Waals surface area contributed by atoms with Crippen molar-refractivity contribution in [3.63, 3.8) is 0 Å². The SMILES string of the molecule is CC1CCCC(NCc2ccc(Cl)c(Cl)c2)C1C. The van der Waals surface area contributed by atoms with Crippen LogP contribution in [0.1, 0.15) is 38.7 Å². The van der Waals surface area contributed by atoms with E-state index in [9.17, 15) is 0 Å². The van der Waals surface area contributed by atoms with Crippen LogP contribution in [0.2, 0.25) is 10.0 Å². The molecule has 0 bridgehead atoms. The van der Waals surface area contributed by atoms with Gasteiger partial charge in [-0.05, 0) is 36.0 Å². The van der Waals surface area contributed by atoms with Gasteiger partial charge in [0.2, 0.25) is 0 Å². The lowest BCUT2D eigenvalue weighted by Gasteiger charge is -2.34. The van der Waals surface area contributed by atoms with Gasteiger partial charge in [0.05, 0.1) is 10.0 Å². The fourth-order valence-corrected chi connectivity index (χ4v) is 3.09. The summed E-state index contributed by atoms with van der Waals surface area (Å²) in [7, 11) is 0. The monoisotopic (exact) mass is 285 g/mol. The number of rotatable bonds is 3. The van der Waals surface area contributed by atoms with Gasteiger partial charge >= 0.3 is 0 Å². The van der Waals surface area contributed by atoms with Crippen LogP contribution >= 0.6 is 23.2 Å². The molecule has 1 aliphatic carbocycles. The van der Waals surface area contributed by atoms with E-state index in [1.807, 2.05) is 18.2 Å².